The third-order valence-electron chi connectivity index (χ3n) is 3.28. The summed E-state index contributed by atoms with van der Waals surface area (Å²) in [4.78, 5) is 8.71. The van der Waals surface area contributed by atoms with Crippen molar-refractivity contribution in [1.82, 2.24) is 24.5 Å². The molecular weight excluding hydrogens is 240 g/mol. The number of imidazole rings is 2. The summed E-state index contributed by atoms with van der Waals surface area (Å²) in [5, 5.41) is 0. The Bertz CT molecular complexity index is 683. The molecule has 1 aromatic carbocycles. The fraction of sp³-hybridized carbons (Fsp3) is 0.231. The Balaban J connectivity index is 1.93. The molecule has 0 bridgehead atoms. The molecule has 0 spiro atoms. The molecule has 0 saturated heterocycles. The van der Waals surface area contributed by atoms with Gasteiger partial charge >= 0.3 is 0 Å². The van der Waals surface area contributed by atoms with E-state index in [2.05, 4.69) is 20.0 Å². The Kier molecular flexibility index (Phi) is 3.02. The van der Waals surface area contributed by atoms with Crippen molar-refractivity contribution in [2.45, 2.75) is 12.6 Å². The van der Waals surface area contributed by atoms with E-state index in [1.54, 1.807) is 6.20 Å². The lowest BCUT2D eigenvalue weighted by atomic mass is 10.2. The summed E-state index contributed by atoms with van der Waals surface area (Å²) in [6.07, 6.45) is 5.51. The van der Waals surface area contributed by atoms with Gasteiger partial charge in [-0.1, -0.05) is 12.1 Å². The van der Waals surface area contributed by atoms with E-state index in [1.165, 1.54) is 0 Å². The molecule has 3 aromatic rings. The van der Waals surface area contributed by atoms with E-state index >= 15 is 0 Å². The quantitative estimate of drug-likeness (QED) is 0.539. The molecule has 0 aliphatic carbocycles. The molecule has 6 heteroatoms. The number of rotatable bonds is 4. The lowest BCUT2D eigenvalue weighted by molar-refractivity contribution is 0.449. The molecule has 2 heterocycles. The Hall–Kier alpha value is -2.18. The SMILES string of the molecule is Cn1ccnc1C(Cn1cnc2ccccc21)NN. The summed E-state index contributed by atoms with van der Waals surface area (Å²) >= 11 is 0. The van der Waals surface area contributed by atoms with E-state index in [9.17, 15) is 0 Å². The van der Waals surface area contributed by atoms with Gasteiger partial charge in [0.05, 0.1) is 23.4 Å². The van der Waals surface area contributed by atoms with Gasteiger partial charge < -0.3 is 9.13 Å². The number of hydrogen-bond donors (Lipinski definition) is 2. The zero-order valence-corrected chi connectivity index (χ0v) is 10.7. The molecule has 1 unspecified atom stereocenters. The highest BCUT2D eigenvalue weighted by Gasteiger charge is 2.15. The van der Waals surface area contributed by atoms with Gasteiger partial charge in [0, 0.05) is 26.0 Å². The first-order valence-corrected chi connectivity index (χ1v) is 6.13. The van der Waals surface area contributed by atoms with Gasteiger partial charge in [-0.3, -0.25) is 5.84 Å². The average Bonchev–Trinajstić information content (AvgIpc) is 3.03. The minimum Gasteiger partial charge on any atom is -0.337 e. The van der Waals surface area contributed by atoms with Crippen LogP contribution in [-0.4, -0.2) is 19.1 Å². The van der Waals surface area contributed by atoms with Crippen LogP contribution in [0, 0.1) is 0 Å². The van der Waals surface area contributed by atoms with Crippen LogP contribution in [-0.2, 0) is 13.6 Å². The highest BCUT2D eigenvalue weighted by molar-refractivity contribution is 5.74. The summed E-state index contributed by atoms with van der Waals surface area (Å²) in [7, 11) is 1.96. The molecular formula is C13H16N6. The topological polar surface area (TPSA) is 73.7 Å². The standard InChI is InChI=1S/C13H16N6/c1-18-7-6-15-13(18)11(17-14)8-19-9-16-10-4-2-3-5-12(10)19/h2-7,9,11,17H,8,14H2,1H3. The van der Waals surface area contributed by atoms with E-state index < -0.39 is 0 Å². The van der Waals surface area contributed by atoms with Crippen molar-refractivity contribution in [3.63, 3.8) is 0 Å². The monoisotopic (exact) mass is 256 g/mol. The van der Waals surface area contributed by atoms with Gasteiger partial charge in [0.15, 0.2) is 0 Å². The number of aromatic nitrogens is 4. The second-order valence-corrected chi connectivity index (χ2v) is 4.50. The van der Waals surface area contributed by atoms with Gasteiger partial charge in [-0.25, -0.2) is 15.4 Å². The first kappa shape index (κ1) is 11.9. The second kappa shape index (κ2) is 4.83. The van der Waals surface area contributed by atoms with Gasteiger partial charge in [0.2, 0.25) is 0 Å². The molecule has 0 saturated carbocycles. The molecule has 0 amide bonds. The van der Waals surface area contributed by atoms with Gasteiger partial charge in [-0.15, -0.1) is 0 Å². The van der Waals surface area contributed by atoms with Crippen molar-refractivity contribution in [3.8, 4) is 0 Å². The van der Waals surface area contributed by atoms with Crippen molar-refractivity contribution < 1.29 is 0 Å². The summed E-state index contributed by atoms with van der Waals surface area (Å²) in [5.74, 6) is 6.56. The maximum absolute atomic E-state index is 5.66. The number of para-hydroxylation sites is 2. The summed E-state index contributed by atoms with van der Waals surface area (Å²) in [6.45, 7) is 0.682. The van der Waals surface area contributed by atoms with E-state index in [1.807, 2.05) is 48.4 Å². The lowest BCUT2D eigenvalue weighted by Gasteiger charge is -2.16. The van der Waals surface area contributed by atoms with Gasteiger partial charge in [0.1, 0.15) is 5.82 Å². The van der Waals surface area contributed by atoms with Crippen molar-refractivity contribution in [1.29, 1.82) is 0 Å². The normalized spacial score (nSPS) is 12.9. The molecule has 0 radical (unpaired) electrons. The van der Waals surface area contributed by atoms with Gasteiger partial charge in [-0.05, 0) is 12.1 Å². The Morgan fingerprint density at radius 1 is 1.32 bits per heavy atom. The Labute approximate surface area is 110 Å². The predicted molar refractivity (Wildman–Crippen MR) is 73.0 cm³/mol. The number of hydrogen-bond acceptors (Lipinski definition) is 4. The Morgan fingerprint density at radius 2 is 2.16 bits per heavy atom. The summed E-state index contributed by atoms with van der Waals surface area (Å²) in [6, 6.07) is 7.98. The fourth-order valence-electron chi connectivity index (χ4n) is 2.27. The summed E-state index contributed by atoms with van der Waals surface area (Å²) in [5.41, 5.74) is 4.90. The van der Waals surface area contributed by atoms with Crippen LogP contribution in [0.15, 0.2) is 43.0 Å². The fourth-order valence-corrected chi connectivity index (χ4v) is 2.27. The maximum Gasteiger partial charge on any atom is 0.128 e. The molecule has 1 atom stereocenters. The van der Waals surface area contributed by atoms with Crippen LogP contribution >= 0.6 is 0 Å². The number of aryl methyl sites for hydroxylation is 1. The average molecular weight is 256 g/mol. The lowest BCUT2D eigenvalue weighted by Crippen LogP contribution is -2.33. The van der Waals surface area contributed by atoms with Crippen molar-refractivity contribution in [2.75, 3.05) is 0 Å². The number of nitrogens with zero attached hydrogens (tertiary/aromatic N) is 4. The van der Waals surface area contributed by atoms with E-state index in [0.717, 1.165) is 16.9 Å². The van der Waals surface area contributed by atoms with E-state index in [4.69, 9.17) is 5.84 Å². The Morgan fingerprint density at radius 3 is 2.89 bits per heavy atom. The first-order valence-electron chi connectivity index (χ1n) is 6.13. The molecule has 3 N–H and O–H groups in total. The van der Waals surface area contributed by atoms with Crippen LogP contribution in [0.25, 0.3) is 11.0 Å². The molecule has 98 valence electrons. The molecule has 0 aliphatic rings. The van der Waals surface area contributed by atoms with Crippen LogP contribution < -0.4 is 11.3 Å². The molecule has 2 aromatic heterocycles. The minimum absolute atomic E-state index is 0.0578. The third-order valence-corrected chi connectivity index (χ3v) is 3.28. The highest BCUT2D eigenvalue weighted by Crippen LogP contribution is 2.17. The number of nitrogens with one attached hydrogen (secondary N) is 1. The van der Waals surface area contributed by atoms with E-state index in [0.29, 0.717) is 6.54 Å². The van der Waals surface area contributed by atoms with Crippen molar-refractivity contribution in [2.24, 2.45) is 12.9 Å². The first-order chi connectivity index (χ1) is 9.29. The van der Waals surface area contributed by atoms with Crippen LogP contribution in [0.5, 0.6) is 0 Å². The largest absolute Gasteiger partial charge is 0.337 e. The number of benzene rings is 1. The van der Waals surface area contributed by atoms with Crippen LogP contribution in [0.1, 0.15) is 11.9 Å². The zero-order chi connectivity index (χ0) is 13.2. The molecule has 0 aliphatic heterocycles. The van der Waals surface area contributed by atoms with Gasteiger partial charge in [-0.2, -0.15) is 0 Å². The number of hydrazine groups is 1. The van der Waals surface area contributed by atoms with Gasteiger partial charge in [0.25, 0.3) is 0 Å². The van der Waals surface area contributed by atoms with Crippen molar-refractivity contribution in [3.05, 3.63) is 48.8 Å². The number of fused-ring (bicyclic) bond motifs is 1. The smallest absolute Gasteiger partial charge is 0.128 e. The van der Waals surface area contributed by atoms with Crippen LogP contribution in [0.4, 0.5) is 0 Å². The maximum atomic E-state index is 5.66. The van der Waals surface area contributed by atoms with Crippen LogP contribution in [0.2, 0.25) is 0 Å². The zero-order valence-electron chi connectivity index (χ0n) is 10.7. The highest BCUT2D eigenvalue weighted by atomic mass is 15.3. The number of nitrogens with two attached hydrogens (primary N) is 1. The molecule has 6 nitrogen and oxygen atoms in total. The second-order valence-electron chi connectivity index (χ2n) is 4.50. The van der Waals surface area contributed by atoms with Crippen molar-refractivity contribution >= 4 is 11.0 Å². The third kappa shape index (κ3) is 2.11. The van der Waals surface area contributed by atoms with E-state index in [-0.39, 0.29) is 6.04 Å². The molecule has 0 fully saturated rings. The minimum atomic E-state index is -0.0578. The summed E-state index contributed by atoms with van der Waals surface area (Å²) < 4.78 is 4.04. The van der Waals surface area contributed by atoms with Crippen LogP contribution in [0.3, 0.4) is 0 Å². The molecule has 3 rings (SSSR count). The predicted octanol–water partition coefficient (Wildman–Crippen LogP) is 0.974. The molecule has 19 heavy (non-hydrogen) atoms.